The smallest absolute Gasteiger partial charge is 0.418 e. The van der Waals surface area contributed by atoms with Crippen LogP contribution < -0.4 is 0 Å². The highest BCUT2D eigenvalue weighted by atomic mass is 35.5. The van der Waals surface area contributed by atoms with Crippen molar-refractivity contribution in [1.82, 2.24) is 9.97 Å². The molecule has 240 valence electrons. The Morgan fingerprint density at radius 3 is 1.36 bits per heavy atom. The predicted molar refractivity (Wildman–Crippen MR) is 150 cm³/mol. The van der Waals surface area contributed by atoms with Crippen molar-refractivity contribution >= 4 is 69.6 Å². The molecule has 2 aromatic heterocycles. The summed E-state index contributed by atoms with van der Waals surface area (Å²) in [5.41, 5.74) is -7.70. The van der Waals surface area contributed by atoms with Crippen LogP contribution in [0.1, 0.15) is 22.5 Å². The van der Waals surface area contributed by atoms with Gasteiger partial charge in [-0.05, 0) is 36.4 Å². The molecule has 2 aromatic rings. The molecule has 21 heteroatoms. The molecule has 0 N–H and O–H groups in total. The summed E-state index contributed by atoms with van der Waals surface area (Å²) >= 11 is 37.8. The fraction of sp³-hybridized carbons (Fsp3) is 0.250. The zero-order valence-electron chi connectivity index (χ0n) is 21.1. The Bertz CT molecular complexity index is 1610. The van der Waals surface area contributed by atoms with Gasteiger partial charge in [0.05, 0.1) is 32.4 Å². The SMILES string of the molecule is O=[N+]([O-])C1=C(Cl)C(Cl)C(OC2=CC(Cl)(c3ncccc3C(F)(F)F)C([N+](=O)[O-])=C(Cl)C2Cl)=CC1(Cl)c1ncccc1C(F)(F)F. The molecular formula is C24H10Cl6F6N4O5. The van der Waals surface area contributed by atoms with Gasteiger partial charge in [0, 0.05) is 12.4 Å². The summed E-state index contributed by atoms with van der Waals surface area (Å²) in [7, 11) is 0. The third-order valence-corrected chi connectivity index (χ3v) is 9.10. The fourth-order valence-electron chi connectivity index (χ4n) is 4.46. The molecule has 0 amide bonds. The molecule has 45 heavy (non-hydrogen) atoms. The van der Waals surface area contributed by atoms with Gasteiger partial charge in [0.25, 0.3) is 11.4 Å². The number of hydrogen-bond donors (Lipinski definition) is 0. The molecular weight excluding hydrogens is 751 g/mol. The summed E-state index contributed by atoms with van der Waals surface area (Å²) in [4.78, 5) is 23.0. The molecule has 0 radical (unpaired) electrons. The van der Waals surface area contributed by atoms with Crippen molar-refractivity contribution in [2.75, 3.05) is 0 Å². The van der Waals surface area contributed by atoms with E-state index >= 15 is 0 Å². The summed E-state index contributed by atoms with van der Waals surface area (Å²) < 4.78 is 89.1. The fourth-order valence-corrected chi connectivity index (χ4v) is 6.49. The number of nitrogens with zero attached hydrogens (tertiary/aromatic N) is 4. The number of pyridine rings is 2. The third-order valence-electron chi connectivity index (χ3n) is 6.28. The van der Waals surface area contributed by atoms with E-state index < -0.39 is 98.2 Å². The second kappa shape index (κ2) is 12.1. The van der Waals surface area contributed by atoms with Gasteiger partial charge in [0.1, 0.15) is 32.3 Å². The Morgan fingerprint density at radius 2 is 1.07 bits per heavy atom. The summed E-state index contributed by atoms with van der Waals surface area (Å²) in [5, 5.41) is 18.4. The normalized spacial score (nSPS) is 26.0. The minimum Gasteiger partial charge on any atom is -0.463 e. The van der Waals surface area contributed by atoms with Crippen LogP contribution in [0.15, 0.2) is 81.8 Å². The van der Waals surface area contributed by atoms with Gasteiger partial charge in [-0.3, -0.25) is 30.2 Å². The summed E-state index contributed by atoms with van der Waals surface area (Å²) in [6.07, 6.45) is -7.44. The molecule has 2 heterocycles. The Kier molecular flexibility index (Phi) is 9.41. The molecule has 0 saturated carbocycles. The van der Waals surface area contributed by atoms with Gasteiger partial charge in [-0.25, -0.2) is 0 Å². The maximum Gasteiger partial charge on any atom is 0.418 e. The highest BCUT2D eigenvalue weighted by molar-refractivity contribution is 6.41. The average molecular weight is 761 g/mol. The van der Waals surface area contributed by atoms with Gasteiger partial charge in [-0.2, -0.15) is 26.3 Å². The van der Waals surface area contributed by atoms with E-state index in [1.54, 1.807) is 0 Å². The van der Waals surface area contributed by atoms with Crippen LogP contribution >= 0.6 is 69.6 Å². The van der Waals surface area contributed by atoms with Crippen molar-refractivity contribution in [3.05, 3.63) is 125 Å². The lowest BCUT2D eigenvalue weighted by Crippen LogP contribution is -2.37. The lowest BCUT2D eigenvalue weighted by atomic mass is 9.89. The lowest BCUT2D eigenvalue weighted by molar-refractivity contribution is -0.432. The van der Waals surface area contributed by atoms with Crippen molar-refractivity contribution in [2.45, 2.75) is 32.9 Å². The van der Waals surface area contributed by atoms with Gasteiger partial charge < -0.3 is 4.74 Å². The van der Waals surface area contributed by atoms with Crippen molar-refractivity contribution in [3.63, 3.8) is 0 Å². The molecule has 4 rings (SSSR count). The maximum absolute atomic E-state index is 13.9. The molecule has 2 aliphatic rings. The zero-order chi connectivity index (χ0) is 33.9. The number of nitro groups is 2. The Hall–Kier alpha value is -2.82. The van der Waals surface area contributed by atoms with Crippen molar-refractivity contribution in [3.8, 4) is 0 Å². The summed E-state index contributed by atoms with van der Waals surface area (Å²) in [5.74, 6) is -1.49. The molecule has 0 bridgehead atoms. The lowest BCUT2D eigenvalue weighted by Gasteiger charge is -2.33. The van der Waals surface area contributed by atoms with E-state index in [1.807, 2.05) is 0 Å². The second-order valence-corrected chi connectivity index (χ2v) is 11.9. The first-order chi connectivity index (χ1) is 20.7. The highest BCUT2D eigenvalue weighted by Crippen LogP contribution is 2.53. The molecule has 0 fully saturated rings. The second-order valence-electron chi connectivity index (χ2n) is 9.05. The van der Waals surface area contributed by atoms with E-state index in [1.165, 1.54) is 0 Å². The Morgan fingerprint density at radius 1 is 0.733 bits per heavy atom. The van der Waals surface area contributed by atoms with Crippen LogP contribution in [0.5, 0.6) is 0 Å². The standard InChI is InChI=1S/C24H10Cl6F6N4O5/c25-13-11(7-21(29,19(15(13)27)39(41)42)17-9(23(31,32)33)3-1-5-37-17)45-12-8-22(30,20(40(43)44)16(28)14(12)26)18-10(24(34,35)36)4-2-6-38-18/h1-8,13-14H. The largest absolute Gasteiger partial charge is 0.463 e. The van der Waals surface area contributed by atoms with E-state index in [0.717, 1.165) is 24.5 Å². The first-order valence-electron chi connectivity index (χ1n) is 11.6. The monoisotopic (exact) mass is 758 g/mol. The van der Waals surface area contributed by atoms with Crippen LogP contribution in [0.25, 0.3) is 0 Å². The van der Waals surface area contributed by atoms with Gasteiger partial charge >= 0.3 is 12.4 Å². The number of halogens is 12. The number of alkyl halides is 10. The van der Waals surface area contributed by atoms with Crippen LogP contribution in [0.4, 0.5) is 26.3 Å². The molecule has 0 saturated heterocycles. The quantitative estimate of drug-likeness (QED) is 0.125. The molecule has 0 aromatic carbocycles. The van der Waals surface area contributed by atoms with Crippen LogP contribution in [0.3, 0.4) is 0 Å². The molecule has 2 aliphatic carbocycles. The Labute approximate surface area is 276 Å². The molecule has 0 spiro atoms. The highest BCUT2D eigenvalue weighted by Gasteiger charge is 2.56. The topological polar surface area (TPSA) is 121 Å². The number of ether oxygens (including phenoxy) is 1. The third kappa shape index (κ3) is 6.17. The summed E-state index contributed by atoms with van der Waals surface area (Å²) in [6.45, 7) is 0. The van der Waals surface area contributed by atoms with Crippen LogP contribution in [0.2, 0.25) is 0 Å². The molecule has 4 atom stereocenters. The van der Waals surface area contributed by atoms with Crippen molar-refractivity contribution in [2.24, 2.45) is 0 Å². The van der Waals surface area contributed by atoms with Crippen molar-refractivity contribution < 1.29 is 40.9 Å². The van der Waals surface area contributed by atoms with E-state index in [0.29, 0.717) is 24.3 Å². The number of allylic oxidation sites excluding steroid dienone is 4. The van der Waals surface area contributed by atoms with Gasteiger partial charge in [-0.1, -0.05) is 46.4 Å². The Balaban J connectivity index is 1.96. The molecule has 9 nitrogen and oxygen atoms in total. The average Bonchev–Trinajstić information content (AvgIpc) is 2.93. The van der Waals surface area contributed by atoms with Crippen molar-refractivity contribution in [1.29, 1.82) is 0 Å². The minimum atomic E-state index is -5.13. The first-order valence-corrected chi connectivity index (χ1v) is 14.0. The van der Waals surface area contributed by atoms with Gasteiger partial charge in [0.2, 0.25) is 0 Å². The summed E-state index contributed by atoms with van der Waals surface area (Å²) in [6, 6.07) is 2.84. The van der Waals surface area contributed by atoms with E-state index in [4.69, 9.17) is 74.3 Å². The molecule has 4 unspecified atom stereocenters. The molecule has 0 aliphatic heterocycles. The van der Waals surface area contributed by atoms with Gasteiger partial charge in [-0.15, -0.1) is 23.2 Å². The number of rotatable bonds is 6. The number of aromatic nitrogens is 2. The van der Waals surface area contributed by atoms with Crippen LogP contribution in [-0.2, 0) is 26.8 Å². The zero-order valence-corrected chi connectivity index (χ0v) is 25.7. The van der Waals surface area contributed by atoms with E-state index in [2.05, 4.69) is 9.97 Å². The van der Waals surface area contributed by atoms with Gasteiger partial charge in [0.15, 0.2) is 9.75 Å². The maximum atomic E-state index is 13.9. The number of hydrogen-bond acceptors (Lipinski definition) is 7. The first kappa shape index (κ1) is 35.0. The van der Waals surface area contributed by atoms with Crippen LogP contribution in [-0.4, -0.2) is 30.6 Å². The predicted octanol–water partition coefficient (Wildman–Crippen LogP) is 8.56. The van der Waals surface area contributed by atoms with E-state index in [-0.39, 0.29) is 0 Å². The van der Waals surface area contributed by atoms with E-state index in [9.17, 15) is 46.6 Å². The van der Waals surface area contributed by atoms with Crippen LogP contribution in [0, 0.1) is 20.2 Å². The minimum absolute atomic E-state index is 0.536.